The van der Waals surface area contributed by atoms with Gasteiger partial charge < -0.3 is 15.1 Å². The van der Waals surface area contributed by atoms with E-state index in [0.29, 0.717) is 0 Å². The number of likely N-dealkylation sites (N-methyl/N-ethyl adjacent to an activating group) is 2. The van der Waals surface area contributed by atoms with Crippen LogP contribution in [0, 0.1) is 0 Å². The number of carbonyl (C=O) groups excluding carboxylic acids is 1. The van der Waals surface area contributed by atoms with E-state index in [0.717, 1.165) is 25.9 Å². The molecule has 1 aliphatic rings. The molecular formula is C12H25N3O. The third kappa shape index (κ3) is 2.95. The van der Waals surface area contributed by atoms with Crippen LogP contribution in [0.4, 0.5) is 0 Å². The van der Waals surface area contributed by atoms with E-state index in [9.17, 15) is 4.79 Å². The maximum absolute atomic E-state index is 12.1. The molecule has 0 aliphatic carbocycles. The van der Waals surface area contributed by atoms with Crippen molar-refractivity contribution in [1.82, 2.24) is 15.1 Å². The highest BCUT2D eigenvalue weighted by Crippen LogP contribution is 2.17. The second-order valence-electron chi connectivity index (χ2n) is 5.45. The van der Waals surface area contributed by atoms with Crippen molar-refractivity contribution in [3.63, 3.8) is 0 Å². The Bertz CT molecular complexity index is 251. The number of carbonyl (C=O) groups is 1. The summed E-state index contributed by atoms with van der Waals surface area (Å²) in [6, 6.07) is 0.0201. The fourth-order valence-corrected chi connectivity index (χ4v) is 1.97. The summed E-state index contributed by atoms with van der Waals surface area (Å²) in [6.45, 7) is 6.04. The Morgan fingerprint density at radius 1 is 1.50 bits per heavy atom. The molecule has 1 unspecified atom stereocenters. The van der Waals surface area contributed by atoms with Crippen molar-refractivity contribution in [3.05, 3.63) is 0 Å². The van der Waals surface area contributed by atoms with Gasteiger partial charge in [0.15, 0.2) is 0 Å². The number of nitrogens with one attached hydrogen (secondary N) is 1. The highest BCUT2D eigenvalue weighted by molar-refractivity contribution is 5.82. The first-order chi connectivity index (χ1) is 7.38. The molecule has 0 spiro atoms. The van der Waals surface area contributed by atoms with Gasteiger partial charge in [0, 0.05) is 18.6 Å². The minimum Gasteiger partial charge on any atom is -0.340 e. The van der Waals surface area contributed by atoms with Crippen LogP contribution in [0.5, 0.6) is 0 Å². The van der Waals surface area contributed by atoms with Gasteiger partial charge in [0.1, 0.15) is 0 Å². The summed E-state index contributed by atoms with van der Waals surface area (Å²) < 4.78 is 0. The Balaban J connectivity index is 2.63. The normalized spacial score (nSPS) is 23.0. The van der Waals surface area contributed by atoms with E-state index in [1.165, 1.54) is 0 Å². The molecule has 16 heavy (non-hydrogen) atoms. The van der Waals surface area contributed by atoms with Crippen LogP contribution in [0.25, 0.3) is 0 Å². The van der Waals surface area contributed by atoms with Gasteiger partial charge in [0.2, 0.25) is 5.91 Å². The molecule has 0 aromatic carbocycles. The highest BCUT2D eigenvalue weighted by Gasteiger charge is 2.32. The van der Waals surface area contributed by atoms with Crippen molar-refractivity contribution >= 4 is 5.91 Å². The molecule has 1 fully saturated rings. The second kappa shape index (κ2) is 5.15. The molecule has 1 saturated heterocycles. The third-order valence-electron chi connectivity index (χ3n) is 3.67. The van der Waals surface area contributed by atoms with Crippen LogP contribution in [0.1, 0.15) is 26.7 Å². The summed E-state index contributed by atoms with van der Waals surface area (Å²) in [6.07, 6.45) is 2.06. The molecule has 1 heterocycles. The van der Waals surface area contributed by atoms with Gasteiger partial charge in [-0.2, -0.15) is 0 Å². The van der Waals surface area contributed by atoms with Gasteiger partial charge >= 0.3 is 0 Å². The van der Waals surface area contributed by atoms with Crippen LogP contribution in [0.3, 0.4) is 0 Å². The number of rotatable bonds is 4. The average Bonchev–Trinajstić information content (AvgIpc) is 2.20. The zero-order valence-corrected chi connectivity index (χ0v) is 11.2. The van der Waals surface area contributed by atoms with Crippen molar-refractivity contribution in [2.45, 2.75) is 38.3 Å². The summed E-state index contributed by atoms with van der Waals surface area (Å²) in [7, 11) is 5.98. The van der Waals surface area contributed by atoms with Crippen LogP contribution in [-0.2, 0) is 4.79 Å². The number of nitrogens with zero attached hydrogens (tertiary/aromatic N) is 2. The van der Waals surface area contributed by atoms with Crippen molar-refractivity contribution in [3.8, 4) is 0 Å². The van der Waals surface area contributed by atoms with Crippen LogP contribution >= 0.6 is 0 Å². The van der Waals surface area contributed by atoms with Crippen LogP contribution < -0.4 is 5.32 Å². The zero-order chi connectivity index (χ0) is 12.3. The largest absolute Gasteiger partial charge is 0.340 e. The first kappa shape index (κ1) is 13.5. The molecule has 0 bridgehead atoms. The molecule has 4 nitrogen and oxygen atoms in total. The van der Waals surface area contributed by atoms with E-state index >= 15 is 0 Å². The topological polar surface area (TPSA) is 35.6 Å². The monoisotopic (exact) mass is 227 g/mol. The number of piperidine rings is 1. The smallest absolute Gasteiger partial charge is 0.239 e. The number of hydrogen-bond donors (Lipinski definition) is 1. The molecular weight excluding hydrogens is 202 g/mol. The Kier molecular flexibility index (Phi) is 4.33. The molecule has 4 heteroatoms. The second-order valence-corrected chi connectivity index (χ2v) is 5.45. The third-order valence-corrected chi connectivity index (χ3v) is 3.67. The Morgan fingerprint density at radius 2 is 2.12 bits per heavy atom. The Labute approximate surface area is 99.0 Å². The Hall–Kier alpha value is -0.610. The summed E-state index contributed by atoms with van der Waals surface area (Å²) in [5.74, 6) is 0.253. The van der Waals surface area contributed by atoms with E-state index in [1.54, 1.807) is 0 Å². The fraction of sp³-hybridized carbons (Fsp3) is 0.917. The average molecular weight is 227 g/mol. The molecule has 0 aromatic rings. The highest BCUT2D eigenvalue weighted by atomic mass is 16.2. The SMILES string of the molecule is CNC1CCCN(CC(C)(C)N(C)C)C1=O. The zero-order valence-electron chi connectivity index (χ0n) is 11.2. The van der Waals surface area contributed by atoms with Crippen molar-refractivity contribution in [2.24, 2.45) is 0 Å². The molecule has 1 N–H and O–H groups in total. The molecule has 0 saturated carbocycles. The number of likely N-dealkylation sites (tertiary alicyclic amines) is 1. The standard InChI is InChI=1S/C12H25N3O/c1-12(2,14(4)5)9-15-8-6-7-10(13-3)11(15)16/h10,13H,6-9H2,1-5H3. The summed E-state index contributed by atoms with van der Waals surface area (Å²) in [5.41, 5.74) is 0.0330. The van der Waals surface area contributed by atoms with E-state index in [-0.39, 0.29) is 17.5 Å². The lowest BCUT2D eigenvalue weighted by Gasteiger charge is -2.40. The molecule has 94 valence electrons. The van der Waals surface area contributed by atoms with E-state index in [1.807, 2.05) is 11.9 Å². The first-order valence-corrected chi connectivity index (χ1v) is 6.02. The minimum atomic E-state index is 0.0201. The lowest BCUT2D eigenvalue weighted by molar-refractivity contribution is -0.137. The van der Waals surface area contributed by atoms with Crippen LogP contribution in [-0.4, -0.2) is 61.5 Å². The van der Waals surface area contributed by atoms with Crippen molar-refractivity contribution in [1.29, 1.82) is 0 Å². The molecule has 1 rings (SSSR count). The van der Waals surface area contributed by atoms with Gasteiger partial charge in [-0.05, 0) is 47.8 Å². The molecule has 1 atom stereocenters. The lowest BCUT2D eigenvalue weighted by atomic mass is 9.99. The van der Waals surface area contributed by atoms with Crippen molar-refractivity contribution < 1.29 is 4.79 Å². The van der Waals surface area contributed by atoms with Gasteiger partial charge in [0.25, 0.3) is 0 Å². The Morgan fingerprint density at radius 3 is 2.62 bits per heavy atom. The van der Waals surface area contributed by atoms with E-state index in [4.69, 9.17) is 0 Å². The quantitative estimate of drug-likeness (QED) is 0.761. The molecule has 1 aliphatic heterocycles. The van der Waals surface area contributed by atoms with Crippen molar-refractivity contribution in [2.75, 3.05) is 34.2 Å². The maximum atomic E-state index is 12.1. The fourth-order valence-electron chi connectivity index (χ4n) is 1.97. The predicted molar refractivity (Wildman–Crippen MR) is 66.4 cm³/mol. The van der Waals surface area contributed by atoms with Gasteiger partial charge in [-0.15, -0.1) is 0 Å². The summed E-state index contributed by atoms with van der Waals surface area (Å²) in [4.78, 5) is 16.3. The van der Waals surface area contributed by atoms with Crippen LogP contribution in [0.15, 0.2) is 0 Å². The lowest BCUT2D eigenvalue weighted by Crippen LogP contribution is -2.56. The number of hydrogen-bond acceptors (Lipinski definition) is 3. The maximum Gasteiger partial charge on any atom is 0.239 e. The van der Waals surface area contributed by atoms with Gasteiger partial charge in [-0.25, -0.2) is 0 Å². The van der Waals surface area contributed by atoms with Gasteiger partial charge in [-0.1, -0.05) is 0 Å². The summed E-state index contributed by atoms with van der Waals surface area (Å²) >= 11 is 0. The van der Waals surface area contributed by atoms with E-state index < -0.39 is 0 Å². The predicted octanol–water partition coefficient (Wildman–Crippen LogP) is 0.537. The number of amides is 1. The molecule has 0 aromatic heterocycles. The molecule has 0 radical (unpaired) electrons. The minimum absolute atomic E-state index is 0.0201. The van der Waals surface area contributed by atoms with Gasteiger partial charge in [0.05, 0.1) is 6.04 Å². The first-order valence-electron chi connectivity index (χ1n) is 6.02. The molecule has 1 amide bonds. The summed E-state index contributed by atoms with van der Waals surface area (Å²) in [5, 5.41) is 3.09. The van der Waals surface area contributed by atoms with Crippen LogP contribution in [0.2, 0.25) is 0 Å². The van der Waals surface area contributed by atoms with Gasteiger partial charge in [-0.3, -0.25) is 4.79 Å². The van der Waals surface area contributed by atoms with E-state index in [2.05, 4.69) is 38.2 Å².